The van der Waals surface area contributed by atoms with Crippen LogP contribution >= 0.6 is 0 Å². The van der Waals surface area contributed by atoms with Crippen LogP contribution in [0.15, 0.2) is 102 Å². The number of aromatic hydroxyl groups is 1. The molecule has 87 heavy (non-hydrogen) atoms. The van der Waals surface area contributed by atoms with Gasteiger partial charge in [-0.1, -0.05) is 82.0 Å². The highest BCUT2D eigenvalue weighted by molar-refractivity contribution is 5.99. The summed E-state index contributed by atoms with van der Waals surface area (Å²) < 4.78 is 34.8. The normalized spacial score (nSPS) is 15.1. The minimum atomic E-state index is -2.00. The van der Waals surface area contributed by atoms with Gasteiger partial charge < -0.3 is 64.3 Å². The predicted molar refractivity (Wildman–Crippen MR) is 319 cm³/mol. The molecule has 0 saturated heterocycles. The van der Waals surface area contributed by atoms with E-state index >= 15 is 0 Å². The zero-order chi connectivity index (χ0) is 61.8. The third-order valence-corrected chi connectivity index (χ3v) is 15.2. The smallest absolute Gasteiger partial charge is 0.508 e. The van der Waals surface area contributed by atoms with Gasteiger partial charge in [0.1, 0.15) is 37.7 Å². The molecule has 0 aliphatic carbocycles. The van der Waals surface area contributed by atoms with Crippen molar-refractivity contribution in [1.82, 2.24) is 25.5 Å². The van der Waals surface area contributed by atoms with Crippen molar-refractivity contribution in [3.63, 3.8) is 0 Å². The molecule has 0 unspecified atom stereocenters. The SMILES string of the molecule is CCc1c2c(nc3ccc(O)cc13)-c1cc3c(c(=O)n1C2)COC(=O)[C@@]3(CC)OC(=O)OCc1ccc(NC(=O)[C@H](C)NC(=O)[C@@H](NC(=O)COCCOCCOCCNC(=O)CCC(=O)N2Cc3ccccc3C#Cc3ccccc32)C(C)C)cc1. The summed E-state index contributed by atoms with van der Waals surface area (Å²) >= 11 is 0. The van der Waals surface area contributed by atoms with Crippen molar-refractivity contribution in [3.8, 4) is 29.0 Å². The number of hydrogen-bond acceptors (Lipinski definition) is 16. The largest absolute Gasteiger partial charge is 0.510 e. The van der Waals surface area contributed by atoms with Crippen LogP contribution in [0.1, 0.15) is 98.4 Å². The predicted octanol–water partition coefficient (Wildman–Crippen LogP) is 6.19. The van der Waals surface area contributed by atoms with Crippen LogP contribution in [0.2, 0.25) is 0 Å². The van der Waals surface area contributed by atoms with Crippen LogP contribution in [-0.4, -0.2) is 115 Å². The number of phenols is 1. The van der Waals surface area contributed by atoms with Crippen molar-refractivity contribution < 1.29 is 67.1 Å². The lowest BCUT2D eigenvalue weighted by Gasteiger charge is -2.35. The van der Waals surface area contributed by atoms with Crippen molar-refractivity contribution in [1.29, 1.82) is 0 Å². The molecule has 3 aliphatic rings. The lowest BCUT2D eigenvalue weighted by molar-refractivity contribution is -0.175. The number of ether oxygens (including phenoxy) is 6. The van der Waals surface area contributed by atoms with Gasteiger partial charge in [0.05, 0.1) is 74.3 Å². The lowest BCUT2D eigenvalue weighted by Crippen LogP contribution is -2.54. The summed E-state index contributed by atoms with van der Waals surface area (Å²) in [4.78, 5) is 113. The average Bonchev–Trinajstić information content (AvgIpc) is 1.75. The second-order valence-corrected chi connectivity index (χ2v) is 21.4. The second-order valence-electron chi connectivity index (χ2n) is 21.4. The fraction of sp³-hybridized carbons (Fsp3) is 0.369. The van der Waals surface area contributed by atoms with E-state index in [4.69, 9.17) is 33.4 Å². The van der Waals surface area contributed by atoms with E-state index in [2.05, 4.69) is 33.1 Å². The minimum absolute atomic E-state index is 0.0145. The molecular weight excluding hydrogens is 1120 g/mol. The molecule has 22 heteroatoms. The van der Waals surface area contributed by atoms with Gasteiger partial charge in [-0.15, -0.1) is 0 Å². The summed E-state index contributed by atoms with van der Waals surface area (Å²) in [6.45, 7) is 9.42. The highest BCUT2D eigenvalue weighted by Gasteiger charge is 2.51. The monoisotopic (exact) mass is 1190 g/mol. The van der Waals surface area contributed by atoms with Gasteiger partial charge in [0.25, 0.3) is 5.56 Å². The summed E-state index contributed by atoms with van der Waals surface area (Å²) in [7, 11) is 0. The Labute approximate surface area is 502 Å². The van der Waals surface area contributed by atoms with Gasteiger partial charge >= 0.3 is 12.1 Å². The molecule has 22 nitrogen and oxygen atoms in total. The van der Waals surface area contributed by atoms with Crippen molar-refractivity contribution in [2.75, 3.05) is 56.4 Å². The van der Waals surface area contributed by atoms with Crippen LogP contribution in [0.4, 0.5) is 16.2 Å². The molecule has 0 spiro atoms. The third-order valence-electron chi connectivity index (χ3n) is 15.2. The number of nitrogens with zero attached hydrogens (tertiary/aromatic N) is 3. The van der Waals surface area contributed by atoms with E-state index in [1.165, 1.54) is 6.92 Å². The van der Waals surface area contributed by atoms with E-state index in [1.54, 1.807) is 78.8 Å². The van der Waals surface area contributed by atoms with Crippen molar-refractivity contribution in [2.24, 2.45) is 5.92 Å². The quantitative estimate of drug-likeness (QED) is 0.0242. The molecule has 5 amide bonds. The van der Waals surface area contributed by atoms with Gasteiger partial charge in [0.15, 0.2) is 0 Å². The number of rotatable bonds is 25. The molecule has 6 aromatic rings. The highest BCUT2D eigenvalue weighted by Crippen LogP contribution is 2.43. The summed E-state index contributed by atoms with van der Waals surface area (Å²) in [5.74, 6) is 3.13. The van der Waals surface area contributed by atoms with Crippen molar-refractivity contribution in [2.45, 2.75) is 104 Å². The second kappa shape index (κ2) is 28.2. The van der Waals surface area contributed by atoms with E-state index in [-0.39, 0.29) is 120 Å². The Bertz CT molecular complexity index is 3740. The fourth-order valence-corrected chi connectivity index (χ4v) is 10.6. The maximum atomic E-state index is 14.1. The van der Waals surface area contributed by atoms with Crippen LogP contribution in [0.5, 0.6) is 5.75 Å². The molecule has 5 N–H and O–H groups in total. The van der Waals surface area contributed by atoms with Crippen LogP contribution in [0, 0.1) is 17.8 Å². The van der Waals surface area contributed by atoms with Crippen LogP contribution in [0.3, 0.4) is 0 Å². The van der Waals surface area contributed by atoms with Gasteiger partial charge in [-0.3, -0.25) is 28.8 Å². The number of carbonyl (C=O) groups excluding carboxylic acids is 7. The first-order valence-corrected chi connectivity index (χ1v) is 28.9. The van der Waals surface area contributed by atoms with E-state index in [0.717, 1.165) is 33.2 Å². The third kappa shape index (κ3) is 14.5. The molecule has 4 aromatic carbocycles. The number of benzene rings is 4. The van der Waals surface area contributed by atoms with E-state index in [0.29, 0.717) is 46.8 Å². The van der Waals surface area contributed by atoms with Crippen LogP contribution in [0.25, 0.3) is 22.3 Å². The average molecular weight is 1190 g/mol. The molecule has 2 aromatic heterocycles. The van der Waals surface area contributed by atoms with Gasteiger partial charge in [-0.05, 0) is 97.0 Å². The first kappa shape index (κ1) is 62.1. The summed E-state index contributed by atoms with van der Waals surface area (Å²) in [5, 5.41) is 21.8. The first-order valence-electron chi connectivity index (χ1n) is 28.9. The number of cyclic esters (lactones) is 1. The number of esters is 1. The summed E-state index contributed by atoms with van der Waals surface area (Å²) in [6, 6.07) is 26.0. The Morgan fingerprint density at radius 2 is 1.48 bits per heavy atom. The number of para-hydroxylation sites is 1. The van der Waals surface area contributed by atoms with E-state index in [1.807, 2.05) is 55.5 Å². The zero-order valence-corrected chi connectivity index (χ0v) is 49.1. The molecule has 3 atom stereocenters. The molecule has 454 valence electrons. The summed E-state index contributed by atoms with van der Waals surface area (Å²) in [6.07, 6.45) is -0.622. The van der Waals surface area contributed by atoms with Crippen LogP contribution < -0.4 is 31.7 Å². The number of aromatic nitrogens is 2. The Morgan fingerprint density at radius 1 is 0.770 bits per heavy atom. The minimum Gasteiger partial charge on any atom is -0.508 e. The Hall–Kier alpha value is -9.43. The lowest BCUT2D eigenvalue weighted by atomic mass is 9.85. The molecule has 5 heterocycles. The number of pyridine rings is 2. The molecule has 3 aliphatic heterocycles. The zero-order valence-electron chi connectivity index (χ0n) is 49.1. The molecule has 0 fully saturated rings. The number of aryl methyl sites for hydroxylation is 1. The maximum absolute atomic E-state index is 14.1. The Kier molecular flexibility index (Phi) is 20.1. The Morgan fingerprint density at radius 3 is 2.23 bits per heavy atom. The van der Waals surface area contributed by atoms with Crippen LogP contribution in [-0.2, 0) is 95.5 Å². The molecule has 0 radical (unpaired) electrons. The van der Waals surface area contributed by atoms with Gasteiger partial charge in [-0.25, -0.2) is 14.6 Å². The summed E-state index contributed by atoms with van der Waals surface area (Å²) in [5.41, 5.74) is 5.42. The van der Waals surface area contributed by atoms with E-state index < -0.39 is 53.1 Å². The number of nitrogens with one attached hydrogen (secondary N) is 4. The number of phenolic OH excluding ortho intramolecular Hbond substituents is 1. The molecule has 0 bridgehead atoms. The number of anilines is 2. The Balaban J connectivity index is 0.648. The topological polar surface area (TPSA) is 281 Å². The number of amides is 5. The number of hydrogen-bond donors (Lipinski definition) is 5. The van der Waals surface area contributed by atoms with Crippen molar-refractivity contribution in [3.05, 3.63) is 152 Å². The van der Waals surface area contributed by atoms with Gasteiger partial charge in [0, 0.05) is 52.7 Å². The number of fused-ring (bicyclic) bond motifs is 7. The molecular formula is C65H69N7O15. The van der Waals surface area contributed by atoms with Gasteiger partial charge in [0.2, 0.25) is 35.1 Å². The van der Waals surface area contributed by atoms with Crippen molar-refractivity contribution >= 4 is 63.9 Å². The standard InChI is InChI=1S/C65H69N7O15/c1-6-47-48-32-46(73)22-23-52(48)69-59-49(47)35-72-54(59)33-51-50(62(72)79)37-85-63(80)65(51,7-2)87-64(81)86-36-41-16-20-45(21-17-41)68-60(77)40(5)67-61(78)58(39(3)4)70-56(75)38-84-31-30-83-29-28-82-27-26-66-55(74)24-25-57(76)71-34-44-14-9-8-12-42(44)18-19-43-13-10-11-15-53(43)71/h8-17,20-23,32-33,39-40,58,73H,6-7,24-31,34-38H2,1-5H3,(H,66,74)(H,67,78)(H,68,77)(H,70,75)/t40-,58-,65-/m0/s1. The maximum Gasteiger partial charge on any atom is 0.510 e. The highest BCUT2D eigenvalue weighted by atomic mass is 16.7. The number of carbonyl (C=O) groups is 7. The molecule has 0 saturated carbocycles. The van der Waals surface area contributed by atoms with Gasteiger partial charge in [-0.2, -0.15) is 0 Å². The molecule has 9 rings (SSSR count). The first-order chi connectivity index (χ1) is 42.0. The van der Waals surface area contributed by atoms with E-state index in [9.17, 15) is 43.5 Å². The fourth-order valence-electron chi connectivity index (χ4n) is 10.6.